The number of hydrogen-bond acceptors (Lipinski definition) is 2. The van der Waals surface area contributed by atoms with Crippen LogP contribution in [0.25, 0.3) is 0 Å². The molecule has 0 saturated heterocycles. The van der Waals surface area contributed by atoms with Gasteiger partial charge < -0.3 is 0 Å². The lowest BCUT2D eigenvalue weighted by atomic mass is 10.6. The maximum Gasteiger partial charge on any atom is 0.268 e. The van der Waals surface area contributed by atoms with Gasteiger partial charge in [0.25, 0.3) is 5.56 Å². The molecule has 0 atom stereocenters. The highest BCUT2D eigenvalue weighted by Crippen LogP contribution is 2.08. The smallest absolute Gasteiger partial charge is 0.268 e. The van der Waals surface area contributed by atoms with Crippen LogP contribution < -0.4 is 5.56 Å². The zero-order valence-corrected chi connectivity index (χ0v) is 8.76. The Hall–Kier alpha value is -0.100. The van der Waals surface area contributed by atoms with Gasteiger partial charge in [-0.3, -0.25) is 9.36 Å². The molecule has 0 saturated carbocycles. The number of aryl methyl sites for hydroxylation is 1. The van der Waals surface area contributed by atoms with Crippen molar-refractivity contribution >= 4 is 34.2 Å². The third-order valence-corrected chi connectivity index (χ3v) is 2.86. The fourth-order valence-electron chi connectivity index (χ4n) is 0.669. The number of rotatable bonds is 1. The molecule has 0 unspecified atom stereocenters. The van der Waals surface area contributed by atoms with E-state index in [1.165, 1.54) is 10.9 Å². The van der Waals surface area contributed by atoms with Gasteiger partial charge in [0.1, 0.15) is 8.72 Å². The van der Waals surface area contributed by atoms with Crippen molar-refractivity contribution in [3.8, 4) is 0 Å². The summed E-state index contributed by atoms with van der Waals surface area (Å²) >= 11 is 7.50. The molecular formula is C6H6ClIN2O. The van der Waals surface area contributed by atoms with Gasteiger partial charge in [-0.1, -0.05) is 11.6 Å². The largest absolute Gasteiger partial charge is 0.299 e. The first-order chi connectivity index (χ1) is 5.16. The lowest BCUT2D eigenvalue weighted by Crippen LogP contribution is -2.22. The van der Waals surface area contributed by atoms with Gasteiger partial charge in [0.15, 0.2) is 0 Å². The molecule has 0 aliphatic rings. The Morgan fingerprint density at radius 2 is 2.45 bits per heavy atom. The number of aromatic nitrogens is 2. The van der Waals surface area contributed by atoms with Crippen LogP contribution in [0.4, 0.5) is 0 Å². The van der Waals surface area contributed by atoms with E-state index in [9.17, 15) is 4.79 Å². The summed E-state index contributed by atoms with van der Waals surface area (Å²) in [5.74, 6) is 0. The van der Waals surface area contributed by atoms with Gasteiger partial charge in [-0.05, 0) is 29.5 Å². The summed E-state index contributed by atoms with van der Waals surface area (Å²) in [5.41, 5.74) is -0.0758. The molecule has 3 nitrogen and oxygen atoms in total. The molecule has 0 spiro atoms. The number of hydrogen-bond donors (Lipinski definition) is 0. The highest BCUT2D eigenvalue weighted by molar-refractivity contribution is 14.1. The van der Waals surface area contributed by atoms with Crippen molar-refractivity contribution in [2.75, 3.05) is 0 Å². The van der Waals surface area contributed by atoms with Crippen LogP contribution in [0.5, 0.6) is 0 Å². The molecule has 0 N–H and O–H groups in total. The van der Waals surface area contributed by atoms with Crippen molar-refractivity contribution in [3.63, 3.8) is 0 Å². The topological polar surface area (TPSA) is 34.9 Å². The van der Waals surface area contributed by atoms with Crippen LogP contribution in [0.1, 0.15) is 6.92 Å². The highest BCUT2D eigenvalue weighted by atomic mass is 127. The zero-order chi connectivity index (χ0) is 8.43. The Balaban J connectivity index is 3.37. The fraction of sp³-hybridized carbons (Fsp3) is 0.333. The predicted octanol–water partition coefficient (Wildman–Crippen LogP) is 1.52. The van der Waals surface area contributed by atoms with Crippen molar-refractivity contribution in [2.45, 2.75) is 13.5 Å². The van der Waals surface area contributed by atoms with Gasteiger partial charge in [0.2, 0.25) is 0 Å². The Kier molecular flexibility index (Phi) is 2.89. The zero-order valence-electron chi connectivity index (χ0n) is 5.84. The maximum atomic E-state index is 11.3. The van der Waals surface area contributed by atoms with Crippen LogP contribution in [0.3, 0.4) is 0 Å². The van der Waals surface area contributed by atoms with E-state index >= 15 is 0 Å². The van der Waals surface area contributed by atoms with E-state index in [-0.39, 0.29) is 10.7 Å². The quantitative estimate of drug-likeness (QED) is 0.579. The SMILES string of the molecule is CCn1cnc(Cl)c(I)c1=O. The normalized spacial score (nSPS) is 10.1. The molecule has 11 heavy (non-hydrogen) atoms. The van der Waals surface area contributed by atoms with Crippen LogP contribution in [-0.2, 0) is 6.54 Å². The summed E-state index contributed by atoms with van der Waals surface area (Å²) in [5, 5.41) is 0.278. The average Bonchev–Trinajstić information content (AvgIpc) is 2.01. The summed E-state index contributed by atoms with van der Waals surface area (Å²) < 4.78 is 1.99. The van der Waals surface area contributed by atoms with Gasteiger partial charge in [0, 0.05) is 6.54 Å². The lowest BCUT2D eigenvalue weighted by Gasteiger charge is -2.00. The summed E-state index contributed by atoms with van der Waals surface area (Å²) in [6.45, 7) is 2.51. The fourth-order valence-corrected chi connectivity index (χ4v) is 1.24. The van der Waals surface area contributed by atoms with Crippen molar-refractivity contribution in [1.82, 2.24) is 9.55 Å². The molecule has 5 heteroatoms. The molecule has 0 fully saturated rings. The first-order valence-corrected chi connectivity index (χ1v) is 4.53. The minimum absolute atomic E-state index is 0.0758. The van der Waals surface area contributed by atoms with Gasteiger partial charge in [-0.2, -0.15) is 0 Å². The number of halogens is 2. The summed E-state index contributed by atoms with van der Waals surface area (Å²) in [4.78, 5) is 15.1. The van der Waals surface area contributed by atoms with E-state index < -0.39 is 0 Å². The molecule has 0 aliphatic heterocycles. The van der Waals surface area contributed by atoms with E-state index in [4.69, 9.17) is 11.6 Å². The summed E-state index contributed by atoms with van der Waals surface area (Å²) in [7, 11) is 0. The van der Waals surface area contributed by atoms with Crippen LogP contribution in [-0.4, -0.2) is 9.55 Å². The lowest BCUT2D eigenvalue weighted by molar-refractivity contribution is 0.702. The van der Waals surface area contributed by atoms with E-state index in [0.717, 1.165) is 0 Å². The second kappa shape index (κ2) is 3.53. The molecule has 0 bridgehead atoms. The molecule has 0 aromatic carbocycles. The monoisotopic (exact) mass is 284 g/mol. The van der Waals surface area contributed by atoms with Crippen LogP contribution in [0.2, 0.25) is 5.15 Å². The molecule has 1 heterocycles. The first-order valence-electron chi connectivity index (χ1n) is 3.07. The molecule has 0 amide bonds. The molecule has 1 aromatic heterocycles. The second-order valence-corrected chi connectivity index (χ2v) is 3.38. The average molecular weight is 284 g/mol. The van der Waals surface area contributed by atoms with E-state index in [0.29, 0.717) is 10.1 Å². The van der Waals surface area contributed by atoms with Gasteiger partial charge in [-0.25, -0.2) is 4.98 Å². The van der Waals surface area contributed by atoms with E-state index in [1.54, 1.807) is 0 Å². The molecular weight excluding hydrogens is 278 g/mol. The third-order valence-electron chi connectivity index (χ3n) is 1.28. The first kappa shape index (κ1) is 8.99. The highest BCUT2D eigenvalue weighted by Gasteiger charge is 2.04. The van der Waals surface area contributed by atoms with E-state index in [1.807, 2.05) is 29.5 Å². The molecule has 0 aliphatic carbocycles. The summed E-state index contributed by atoms with van der Waals surface area (Å²) in [6, 6.07) is 0. The minimum atomic E-state index is -0.0758. The van der Waals surface area contributed by atoms with Crippen molar-refractivity contribution in [2.24, 2.45) is 0 Å². The van der Waals surface area contributed by atoms with Crippen molar-refractivity contribution in [1.29, 1.82) is 0 Å². The maximum absolute atomic E-state index is 11.3. The summed E-state index contributed by atoms with van der Waals surface area (Å²) in [6.07, 6.45) is 1.45. The molecule has 0 radical (unpaired) electrons. The molecule has 60 valence electrons. The van der Waals surface area contributed by atoms with Gasteiger partial charge in [-0.15, -0.1) is 0 Å². The van der Waals surface area contributed by atoms with Crippen LogP contribution >= 0.6 is 34.2 Å². The Morgan fingerprint density at radius 3 is 3.00 bits per heavy atom. The second-order valence-electron chi connectivity index (χ2n) is 1.94. The Morgan fingerprint density at radius 1 is 1.82 bits per heavy atom. The van der Waals surface area contributed by atoms with Crippen molar-refractivity contribution in [3.05, 3.63) is 25.4 Å². The Bertz CT molecular complexity index is 323. The van der Waals surface area contributed by atoms with Crippen molar-refractivity contribution < 1.29 is 0 Å². The van der Waals surface area contributed by atoms with Gasteiger partial charge in [0.05, 0.1) is 6.33 Å². The third kappa shape index (κ3) is 1.73. The Labute approximate surface area is 82.5 Å². The predicted molar refractivity (Wildman–Crippen MR) is 51.9 cm³/mol. The number of nitrogens with zero attached hydrogens (tertiary/aromatic N) is 2. The van der Waals surface area contributed by atoms with E-state index in [2.05, 4.69) is 4.98 Å². The van der Waals surface area contributed by atoms with Crippen LogP contribution in [0.15, 0.2) is 11.1 Å². The molecule has 1 aromatic rings. The minimum Gasteiger partial charge on any atom is -0.299 e. The van der Waals surface area contributed by atoms with Crippen LogP contribution in [0, 0.1) is 3.57 Å². The van der Waals surface area contributed by atoms with Gasteiger partial charge >= 0.3 is 0 Å². The molecule has 1 rings (SSSR count). The standard InChI is InChI=1S/C6H6ClIN2O/c1-2-10-3-9-5(7)4(8)6(10)11/h3H,2H2,1H3.